The second kappa shape index (κ2) is 18.6. The fourth-order valence-electron chi connectivity index (χ4n) is 5.07. The molecule has 1 aliphatic rings. The third-order valence-electron chi connectivity index (χ3n) is 7.28. The Labute approximate surface area is 276 Å². The van der Waals surface area contributed by atoms with Crippen molar-refractivity contribution in [3.05, 3.63) is 69.7 Å². The first kappa shape index (κ1) is 38.6. The number of nitrogens with one attached hydrogen (secondary N) is 3. The first-order valence-corrected chi connectivity index (χ1v) is 15.6. The molecule has 1 fully saturated rings. The number of aliphatic carboxylic acids is 1. The van der Waals surface area contributed by atoms with Crippen LogP contribution in [0.25, 0.3) is 0 Å². The van der Waals surface area contributed by atoms with Gasteiger partial charge in [0, 0.05) is 32.6 Å². The predicted molar refractivity (Wildman–Crippen MR) is 170 cm³/mol. The fourth-order valence-corrected chi connectivity index (χ4v) is 5.39. The number of carboxylic acids is 1. The Morgan fingerprint density at radius 2 is 1.70 bits per heavy atom. The number of carboxylic acid groups (broad SMARTS) is 1. The molecule has 0 saturated carbocycles. The van der Waals surface area contributed by atoms with Crippen LogP contribution in [0.1, 0.15) is 43.7 Å². The number of hydrogen-bond donors (Lipinski definition) is 5. The SMILES string of the molecule is CCNC(=O)[C@]1(Cc2ccccc2)CCCN(C(=O)C(Cc2ccc(Cl)c(Cl)c2)NC(=O)NCCCCN)C1.O=C(O)C(F)(F)F. The van der Waals surface area contributed by atoms with E-state index in [1.807, 2.05) is 37.3 Å². The zero-order valence-corrected chi connectivity index (χ0v) is 27.0. The smallest absolute Gasteiger partial charge is 0.475 e. The van der Waals surface area contributed by atoms with Gasteiger partial charge in [-0.2, -0.15) is 13.2 Å². The second-order valence-corrected chi connectivity index (χ2v) is 11.7. The van der Waals surface area contributed by atoms with Gasteiger partial charge in [0.25, 0.3) is 0 Å². The molecule has 6 N–H and O–H groups in total. The van der Waals surface area contributed by atoms with Crippen LogP contribution < -0.4 is 21.7 Å². The number of hydrogen-bond acceptors (Lipinski definition) is 5. The molecule has 0 radical (unpaired) electrons. The van der Waals surface area contributed by atoms with Gasteiger partial charge in [-0.1, -0.05) is 59.6 Å². The van der Waals surface area contributed by atoms with Crippen LogP contribution in [0.2, 0.25) is 10.0 Å². The summed E-state index contributed by atoms with van der Waals surface area (Å²) in [5, 5.41) is 16.6. The zero-order valence-electron chi connectivity index (χ0n) is 25.5. The lowest BCUT2D eigenvalue weighted by Gasteiger charge is -2.43. The highest BCUT2D eigenvalue weighted by Gasteiger charge is 2.44. The maximum atomic E-state index is 14.0. The van der Waals surface area contributed by atoms with Crippen molar-refractivity contribution in [3.63, 3.8) is 0 Å². The van der Waals surface area contributed by atoms with E-state index in [2.05, 4.69) is 16.0 Å². The van der Waals surface area contributed by atoms with Crippen molar-refractivity contribution in [2.45, 2.75) is 57.7 Å². The first-order chi connectivity index (χ1) is 21.7. The van der Waals surface area contributed by atoms with Gasteiger partial charge >= 0.3 is 18.2 Å². The minimum absolute atomic E-state index is 0.0574. The van der Waals surface area contributed by atoms with Gasteiger partial charge in [-0.3, -0.25) is 9.59 Å². The number of urea groups is 1. The summed E-state index contributed by atoms with van der Waals surface area (Å²) >= 11 is 12.3. The number of unbranched alkanes of at least 4 members (excludes halogenated alkanes) is 1. The standard InChI is InChI=1S/C29H39Cl2N5O3.C2HF3O2/c1-2-33-27(38)29(19-21-9-4-3-5-10-21)13-8-16-36(20-29)26(37)25(35-28(39)34-15-7-6-14-32)18-22-11-12-23(30)24(31)17-22;3-2(4,5)1(6)7/h3-5,9-12,17,25H,2,6-8,13-16,18-20,32H2,1H3,(H,33,38)(H2,34,35,39);(H,6,7)/t25?,29-;/m0./s1. The summed E-state index contributed by atoms with van der Waals surface area (Å²) in [5.74, 6) is -3.05. The monoisotopic (exact) mass is 689 g/mol. The Hall–Kier alpha value is -3.55. The van der Waals surface area contributed by atoms with E-state index in [4.69, 9.17) is 38.8 Å². The molecule has 1 aliphatic heterocycles. The van der Waals surface area contributed by atoms with Crippen molar-refractivity contribution in [1.29, 1.82) is 0 Å². The number of nitrogens with zero attached hydrogens (tertiary/aromatic N) is 1. The van der Waals surface area contributed by atoms with E-state index in [0.29, 0.717) is 55.5 Å². The molecule has 1 saturated heterocycles. The molecule has 15 heteroatoms. The van der Waals surface area contributed by atoms with Crippen molar-refractivity contribution < 1.29 is 37.5 Å². The van der Waals surface area contributed by atoms with E-state index in [9.17, 15) is 27.6 Å². The van der Waals surface area contributed by atoms with E-state index < -0.39 is 29.6 Å². The van der Waals surface area contributed by atoms with Gasteiger partial charge in [0.05, 0.1) is 15.5 Å². The number of halogens is 5. The maximum absolute atomic E-state index is 14.0. The number of rotatable bonds is 12. The number of alkyl halides is 3. The topological polar surface area (TPSA) is 154 Å². The molecule has 2 aromatic carbocycles. The zero-order chi connectivity index (χ0) is 34.3. The average Bonchev–Trinajstić information content (AvgIpc) is 3.01. The minimum Gasteiger partial charge on any atom is -0.475 e. The van der Waals surface area contributed by atoms with Gasteiger partial charge in [-0.05, 0) is 68.8 Å². The van der Waals surface area contributed by atoms with Crippen LogP contribution in [-0.2, 0) is 27.2 Å². The summed E-state index contributed by atoms with van der Waals surface area (Å²) in [5.41, 5.74) is 6.59. The molecule has 10 nitrogen and oxygen atoms in total. The van der Waals surface area contributed by atoms with Gasteiger partial charge < -0.3 is 31.7 Å². The third kappa shape index (κ3) is 12.3. The number of benzene rings is 2. The summed E-state index contributed by atoms with van der Waals surface area (Å²) < 4.78 is 31.7. The van der Waals surface area contributed by atoms with Gasteiger partial charge in [0.1, 0.15) is 6.04 Å². The largest absolute Gasteiger partial charge is 0.490 e. The van der Waals surface area contributed by atoms with Gasteiger partial charge in [0.15, 0.2) is 0 Å². The van der Waals surface area contributed by atoms with Gasteiger partial charge in [-0.25, -0.2) is 9.59 Å². The van der Waals surface area contributed by atoms with Crippen LogP contribution in [0, 0.1) is 5.41 Å². The highest BCUT2D eigenvalue weighted by Crippen LogP contribution is 2.35. The number of likely N-dealkylation sites (tertiary alicyclic amines) is 1. The fraction of sp³-hybridized carbons (Fsp3) is 0.484. The molecule has 0 aliphatic carbocycles. The van der Waals surface area contributed by atoms with E-state index >= 15 is 0 Å². The molecule has 2 atom stereocenters. The number of amides is 4. The average molecular weight is 691 g/mol. The molecule has 0 spiro atoms. The molecule has 3 rings (SSSR count). The summed E-state index contributed by atoms with van der Waals surface area (Å²) in [6.45, 7) is 4.18. The van der Waals surface area contributed by atoms with Crippen molar-refractivity contribution in [3.8, 4) is 0 Å². The Morgan fingerprint density at radius 3 is 2.28 bits per heavy atom. The quantitative estimate of drug-likeness (QED) is 0.206. The summed E-state index contributed by atoms with van der Waals surface area (Å²) in [7, 11) is 0. The Kier molecular flexibility index (Phi) is 15.6. The van der Waals surface area contributed by atoms with Crippen LogP contribution in [-0.4, -0.2) is 78.8 Å². The van der Waals surface area contributed by atoms with E-state index in [1.165, 1.54) is 0 Å². The maximum Gasteiger partial charge on any atom is 0.490 e. The summed E-state index contributed by atoms with van der Waals surface area (Å²) in [4.78, 5) is 50.7. The Balaban J connectivity index is 0.000000942. The molecule has 1 unspecified atom stereocenters. The van der Waals surface area contributed by atoms with Crippen molar-refractivity contribution in [1.82, 2.24) is 20.9 Å². The van der Waals surface area contributed by atoms with Crippen molar-refractivity contribution in [2.75, 3.05) is 32.7 Å². The molecule has 1 heterocycles. The summed E-state index contributed by atoms with van der Waals surface area (Å²) in [6.07, 6.45) is -1.44. The van der Waals surface area contributed by atoms with Gasteiger partial charge in [-0.15, -0.1) is 0 Å². The highest BCUT2D eigenvalue weighted by molar-refractivity contribution is 6.42. The Bertz CT molecular complexity index is 1320. The molecule has 254 valence electrons. The number of carbonyl (C=O) groups is 4. The van der Waals surface area contributed by atoms with Crippen LogP contribution in [0.15, 0.2) is 48.5 Å². The van der Waals surface area contributed by atoms with E-state index in [-0.39, 0.29) is 24.8 Å². The van der Waals surface area contributed by atoms with Crippen LogP contribution >= 0.6 is 23.2 Å². The minimum atomic E-state index is -5.08. The molecule has 2 aromatic rings. The normalized spacial score (nSPS) is 16.8. The molecule has 0 aromatic heterocycles. The first-order valence-electron chi connectivity index (χ1n) is 14.8. The second-order valence-electron chi connectivity index (χ2n) is 10.9. The van der Waals surface area contributed by atoms with E-state index in [1.54, 1.807) is 23.1 Å². The third-order valence-corrected chi connectivity index (χ3v) is 8.02. The number of piperidine rings is 1. The van der Waals surface area contributed by atoms with Crippen molar-refractivity contribution >= 4 is 47.0 Å². The molecule has 46 heavy (non-hydrogen) atoms. The lowest BCUT2D eigenvalue weighted by atomic mass is 9.74. The highest BCUT2D eigenvalue weighted by atomic mass is 35.5. The van der Waals surface area contributed by atoms with Gasteiger partial charge in [0.2, 0.25) is 11.8 Å². The van der Waals surface area contributed by atoms with Crippen molar-refractivity contribution in [2.24, 2.45) is 11.1 Å². The van der Waals surface area contributed by atoms with Crippen LogP contribution in [0.4, 0.5) is 18.0 Å². The lowest BCUT2D eigenvalue weighted by molar-refractivity contribution is -0.192. The number of carbonyl (C=O) groups excluding carboxylic acids is 3. The molecule has 4 amide bonds. The molecular formula is C31H40Cl2F3N5O5. The van der Waals surface area contributed by atoms with Crippen LogP contribution in [0.3, 0.4) is 0 Å². The summed E-state index contributed by atoms with van der Waals surface area (Å²) in [6, 6.07) is 13.8. The van der Waals surface area contributed by atoms with E-state index in [0.717, 1.165) is 24.0 Å². The number of nitrogens with two attached hydrogens (primary N) is 1. The van der Waals surface area contributed by atoms with Crippen LogP contribution in [0.5, 0.6) is 0 Å². The lowest BCUT2D eigenvalue weighted by Crippen LogP contribution is -2.59. The Morgan fingerprint density at radius 1 is 1.02 bits per heavy atom. The molecular weight excluding hydrogens is 650 g/mol. The predicted octanol–water partition coefficient (Wildman–Crippen LogP) is 4.56. The molecule has 0 bridgehead atoms.